The van der Waals surface area contributed by atoms with Gasteiger partial charge in [-0.15, -0.1) is 0 Å². The van der Waals surface area contributed by atoms with Crippen LogP contribution in [0.4, 0.5) is 9.39 Å². The second-order valence-corrected chi connectivity index (χ2v) is 8.69. The second-order valence-electron chi connectivity index (χ2n) is 7.66. The maximum absolute atomic E-state index is 14.1. The number of carbonyl (C=O) groups is 1. The Labute approximate surface area is 184 Å². The number of amides is 1. The van der Waals surface area contributed by atoms with E-state index >= 15 is 0 Å². The fourth-order valence-corrected chi connectivity index (χ4v) is 4.40. The van der Waals surface area contributed by atoms with Crippen LogP contribution in [0.15, 0.2) is 35.8 Å². The lowest BCUT2D eigenvalue weighted by atomic mass is 9.98. The molecule has 1 amide bonds. The van der Waals surface area contributed by atoms with Crippen LogP contribution in [0.1, 0.15) is 36.7 Å². The third kappa shape index (κ3) is 5.20. The van der Waals surface area contributed by atoms with Gasteiger partial charge >= 0.3 is 0 Å². The third-order valence-corrected chi connectivity index (χ3v) is 6.15. The van der Waals surface area contributed by atoms with Gasteiger partial charge in [-0.25, -0.2) is 9.37 Å². The zero-order valence-corrected chi connectivity index (χ0v) is 18.4. The normalized spacial score (nSPS) is 19.9. The highest BCUT2D eigenvalue weighted by Crippen LogP contribution is 2.31. The van der Waals surface area contributed by atoms with Crippen LogP contribution in [0.3, 0.4) is 0 Å². The maximum Gasteiger partial charge on any atom is 0.277 e. The molecule has 1 fully saturated rings. The molecule has 2 aromatic rings. The molecule has 1 saturated heterocycles. The lowest BCUT2D eigenvalue weighted by Crippen LogP contribution is -2.37. The Morgan fingerprint density at radius 2 is 2.13 bits per heavy atom. The SMILES string of the molecule is CN/C(=C(\C=N)NC(=O)c1nc(-c2ccccc2F)sc1N)N1CCC[C@](C)(O)CC1. The molecule has 0 unspecified atom stereocenters. The van der Waals surface area contributed by atoms with E-state index in [-0.39, 0.29) is 22.0 Å². The molecule has 0 aliphatic carbocycles. The third-order valence-electron chi connectivity index (χ3n) is 5.24. The first kappa shape index (κ1) is 22.7. The van der Waals surface area contributed by atoms with Crippen molar-refractivity contribution in [1.82, 2.24) is 20.5 Å². The first-order valence-electron chi connectivity index (χ1n) is 9.98. The average Bonchev–Trinajstić information content (AvgIpc) is 3.03. The summed E-state index contributed by atoms with van der Waals surface area (Å²) < 4.78 is 14.1. The van der Waals surface area contributed by atoms with Crippen molar-refractivity contribution in [2.75, 3.05) is 25.9 Å². The predicted octanol–water partition coefficient (Wildman–Crippen LogP) is 2.54. The molecular weight excluding hydrogens is 419 g/mol. The van der Waals surface area contributed by atoms with Gasteiger partial charge in [-0.05, 0) is 38.3 Å². The number of nitrogens with two attached hydrogens (primary N) is 1. The number of nitrogens with one attached hydrogen (secondary N) is 3. The number of benzene rings is 1. The molecule has 1 atom stereocenters. The number of rotatable bonds is 6. The smallest absolute Gasteiger partial charge is 0.277 e. The molecule has 2 heterocycles. The maximum atomic E-state index is 14.1. The summed E-state index contributed by atoms with van der Waals surface area (Å²) in [5.41, 5.74) is 5.77. The molecule has 166 valence electrons. The van der Waals surface area contributed by atoms with Gasteiger partial charge in [-0.3, -0.25) is 4.79 Å². The zero-order chi connectivity index (χ0) is 22.6. The summed E-state index contributed by atoms with van der Waals surface area (Å²) in [7, 11) is 1.71. The number of anilines is 1. The van der Waals surface area contributed by atoms with Gasteiger partial charge in [0.05, 0.1) is 11.3 Å². The van der Waals surface area contributed by atoms with E-state index in [1.165, 1.54) is 6.07 Å². The molecule has 1 aromatic carbocycles. The molecule has 10 heteroatoms. The van der Waals surface area contributed by atoms with Crippen LogP contribution in [0.5, 0.6) is 0 Å². The number of halogens is 1. The minimum Gasteiger partial charge on any atom is -0.390 e. The number of likely N-dealkylation sites (tertiary alicyclic amines) is 1. The molecule has 0 radical (unpaired) electrons. The van der Waals surface area contributed by atoms with Gasteiger partial charge in [0.2, 0.25) is 0 Å². The van der Waals surface area contributed by atoms with Crippen molar-refractivity contribution < 1.29 is 14.3 Å². The Morgan fingerprint density at radius 3 is 2.81 bits per heavy atom. The highest BCUT2D eigenvalue weighted by atomic mass is 32.1. The van der Waals surface area contributed by atoms with Gasteiger partial charge in [-0.2, -0.15) is 0 Å². The Bertz CT molecular complexity index is 1000. The van der Waals surface area contributed by atoms with E-state index < -0.39 is 17.3 Å². The van der Waals surface area contributed by atoms with Crippen molar-refractivity contribution in [1.29, 1.82) is 5.41 Å². The molecule has 3 rings (SSSR count). The Morgan fingerprint density at radius 1 is 1.39 bits per heavy atom. The van der Waals surface area contributed by atoms with Gasteiger partial charge in [0.25, 0.3) is 5.91 Å². The van der Waals surface area contributed by atoms with E-state index in [1.807, 2.05) is 11.8 Å². The van der Waals surface area contributed by atoms with Crippen molar-refractivity contribution in [2.45, 2.75) is 31.8 Å². The van der Waals surface area contributed by atoms with E-state index in [1.54, 1.807) is 25.2 Å². The van der Waals surface area contributed by atoms with Crippen molar-refractivity contribution in [3.8, 4) is 10.6 Å². The monoisotopic (exact) mass is 446 g/mol. The Balaban J connectivity index is 1.85. The van der Waals surface area contributed by atoms with Crippen LogP contribution in [-0.4, -0.2) is 52.9 Å². The van der Waals surface area contributed by atoms with Crippen LogP contribution >= 0.6 is 11.3 Å². The topological polar surface area (TPSA) is 127 Å². The molecule has 6 N–H and O–H groups in total. The number of nitrogen functional groups attached to an aromatic ring is 1. The van der Waals surface area contributed by atoms with Crippen LogP contribution in [-0.2, 0) is 0 Å². The number of allylic oxidation sites excluding steroid dienone is 1. The number of thiazole rings is 1. The predicted molar refractivity (Wildman–Crippen MR) is 120 cm³/mol. The first-order valence-corrected chi connectivity index (χ1v) is 10.8. The molecule has 1 aromatic heterocycles. The lowest BCUT2D eigenvalue weighted by molar-refractivity contribution is 0.0454. The van der Waals surface area contributed by atoms with Crippen molar-refractivity contribution in [3.05, 3.63) is 47.3 Å². The minimum atomic E-state index is -0.736. The Kier molecular flexibility index (Phi) is 6.91. The molecule has 0 bridgehead atoms. The van der Waals surface area contributed by atoms with Crippen LogP contribution in [0.25, 0.3) is 10.6 Å². The standard InChI is InChI=1S/C21H27FN6O2S/c1-21(30)8-5-10-28(11-9-21)18(25-2)15(12-23)26-19(29)16-17(24)31-20(27-16)13-6-3-4-7-14(13)22/h3-4,6-7,12,23,25,30H,5,8-11,24H2,1-2H3,(H,26,29)/b18-15-,23-12?/t21-/m0/s1. The highest BCUT2D eigenvalue weighted by Gasteiger charge is 2.27. The van der Waals surface area contributed by atoms with Crippen LogP contribution < -0.4 is 16.4 Å². The first-order chi connectivity index (χ1) is 14.8. The highest BCUT2D eigenvalue weighted by molar-refractivity contribution is 7.19. The average molecular weight is 447 g/mol. The van der Waals surface area contributed by atoms with Gasteiger partial charge in [0.1, 0.15) is 21.6 Å². The van der Waals surface area contributed by atoms with Crippen LogP contribution in [0.2, 0.25) is 0 Å². The lowest BCUT2D eigenvalue weighted by Gasteiger charge is -2.28. The summed E-state index contributed by atoms with van der Waals surface area (Å²) in [5, 5.41) is 24.4. The van der Waals surface area contributed by atoms with Gasteiger partial charge in [0.15, 0.2) is 5.69 Å². The number of aromatic nitrogens is 1. The summed E-state index contributed by atoms with van der Waals surface area (Å²) in [6, 6.07) is 6.15. The van der Waals surface area contributed by atoms with Crippen molar-refractivity contribution in [3.63, 3.8) is 0 Å². The molecule has 0 spiro atoms. The van der Waals surface area contributed by atoms with E-state index in [0.29, 0.717) is 36.8 Å². The van der Waals surface area contributed by atoms with Crippen molar-refractivity contribution in [2.24, 2.45) is 0 Å². The zero-order valence-electron chi connectivity index (χ0n) is 17.5. The summed E-state index contributed by atoms with van der Waals surface area (Å²) in [5.74, 6) is -0.452. The number of carbonyl (C=O) groups excluding carboxylic acids is 1. The van der Waals surface area contributed by atoms with E-state index in [0.717, 1.165) is 24.0 Å². The number of hydrogen-bond acceptors (Lipinski definition) is 8. The van der Waals surface area contributed by atoms with Gasteiger partial charge < -0.3 is 31.8 Å². The fourth-order valence-electron chi connectivity index (χ4n) is 3.54. The molecule has 1 aliphatic rings. The summed E-state index contributed by atoms with van der Waals surface area (Å²) in [4.78, 5) is 19.1. The van der Waals surface area contributed by atoms with E-state index in [9.17, 15) is 14.3 Å². The van der Waals surface area contributed by atoms with Crippen LogP contribution in [0, 0.1) is 11.2 Å². The molecule has 0 saturated carbocycles. The van der Waals surface area contributed by atoms with E-state index in [2.05, 4.69) is 15.6 Å². The van der Waals surface area contributed by atoms with E-state index in [4.69, 9.17) is 11.1 Å². The number of aliphatic hydroxyl groups is 1. The Hall–Kier alpha value is -2.98. The van der Waals surface area contributed by atoms with Crippen molar-refractivity contribution >= 4 is 28.5 Å². The molecular formula is C21H27FN6O2S. The number of nitrogens with zero attached hydrogens (tertiary/aromatic N) is 2. The largest absolute Gasteiger partial charge is 0.390 e. The fraction of sp³-hybridized carbons (Fsp3) is 0.381. The summed E-state index contributed by atoms with van der Waals surface area (Å²) in [6.07, 6.45) is 3.08. The molecule has 1 aliphatic heterocycles. The summed E-state index contributed by atoms with van der Waals surface area (Å²) in [6.45, 7) is 3.07. The van der Waals surface area contributed by atoms with Gasteiger partial charge in [-0.1, -0.05) is 23.5 Å². The molecule has 8 nitrogen and oxygen atoms in total. The summed E-state index contributed by atoms with van der Waals surface area (Å²) >= 11 is 1.03. The quantitative estimate of drug-likeness (QED) is 0.434. The number of hydrogen-bond donors (Lipinski definition) is 5. The second kappa shape index (κ2) is 9.44. The molecule has 31 heavy (non-hydrogen) atoms. The minimum absolute atomic E-state index is 0.0168. The van der Waals surface area contributed by atoms with Gasteiger partial charge in [0, 0.05) is 31.9 Å².